The Hall–Kier alpha value is -1.79. The van der Waals surface area contributed by atoms with Crippen LogP contribution in [0.3, 0.4) is 0 Å². The Kier molecular flexibility index (Phi) is 2.44. The smallest absolute Gasteiger partial charge is 0.101 e. The minimum atomic E-state index is 0.447. The quantitative estimate of drug-likeness (QED) is 0.737. The van der Waals surface area contributed by atoms with Crippen molar-refractivity contribution in [2.45, 2.75) is 6.92 Å². The number of rotatable bonds is 1. The first-order valence-corrected chi connectivity index (χ1v) is 4.81. The molecule has 0 atom stereocenters. The molecule has 0 saturated carbocycles. The third kappa shape index (κ3) is 1.85. The minimum absolute atomic E-state index is 0.447. The van der Waals surface area contributed by atoms with Gasteiger partial charge in [0.15, 0.2) is 0 Å². The van der Waals surface area contributed by atoms with Crippen molar-refractivity contribution < 1.29 is 0 Å². The Bertz CT molecular complexity index is 537. The standard InChI is InChI=1S/C11H8ClN3/c1-8-4-5-15(14-8)10-3-2-9(7-13)11(12)6-10/h2-6H,1H3. The third-order valence-corrected chi connectivity index (χ3v) is 2.37. The Labute approximate surface area is 92.5 Å². The molecule has 0 aliphatic rings. The van der Waals surface area contributed by atoms with Crippen molar-refractivity contribution >= 4 is 11.6 Å². The van der Waals surface area contributed by atoms with E-state index < -0.39 is 0 Å². The summed E-state index contributed by atoms with van der Waals surface area (Å²) in [4.78, 5) is 0. The van der Waals surface area contributed by atoms with Crippen LogP contribution in [0.15, 0.2) is 30.5 Å². The van der Waals surface area contributed by atoms with Crippen LogP contribution in [-0.4, -0.2) is 9.78 Å². The highest BCUT2D eigenvalue weighted by Gasteiger charge is 2.03. The summed E-state index contributed by atoms with van der Waals surface area (Å²) in [5.41, 5.74) is 2.27. The molecule has 0 unspecified atom stereocenters. The molecular weight excluding hydrogens is 210 g/mol. The van der Waals surface area contributed by atoms with E-state index in [-0.39, 0.29) is 0 Å². The Morgan fingerprint density at radius 2 is 2.20 bits per heavy atom. The summed E-state index contributed by atoms with van der Waals surface area (Å²) >= 11 is 5.92. The van der Waals surface area contributed by atoms with Gasteiger partial charge in [0.2, 0.25) is 0 Å². The largest absolute Gasteiger partial charge is 0.241 e. The molecule has 3 nitrogen and oxygen atoms in total. The molecule has 15 heavy (non-hydrogen) atoms. The number of halogens is 1. The highest BCUT2D eigenvalue weighted by molar-refractivity contribution is 6.31. The molecule has 0 saturated heterocycles. The van der Waals surface area contributed by atoms with Crippen LogP contribution in [0.1, 0.15) is 11.3 Å². The second kappa shape index (κ2) is 3.76. The number of nitriles is 1. The van der Waals surface area contributed by atoms with E-state index in [0.29, 0.717) is 10.6 Å². The molecule has 74 valence electrons. The van der Waals surface area contributed by atoms with E-state index in [1.54, 1.807) is 16.8 Å². The molecule has 0 bridgehead atoms. The van der Waals surface area contributed by atoms with E-state index in [4.69, 9.17) is 16.9 Å². The lowest BCUT2D eigenvalue weighted by molar-refractivity contribution is 0.862. The maximum atomic E-state index is 8.73. The van der Waals surface area contributed by atoms with Crippen LogP contribution in [0.25, 0.3) is 5.69 Å². The third-order valence-electron chi connectivity index (χ3n) is 2.06. The van der Waals surface area contributed by atoms with Crippen molar-refractivity contribution in [2.75, 3.05) is 0 Å². The fourth-order valence-corrected chi connectivity index (χ4v) is 1.51. The van der Waals surface area contributed by atoms with Crippen LogP contribution in [-0.2, 0) is 0 Å². The number of benzene rings is 1. The molecule has 0 fully saturated rings. The Morgan fingerprint density at radius 1 is 1.40 bits per heavy atom. The van der Waals surface area contributed by atoms with Gasteiger partial charge < -0.3 is 0 Å². The maximum absolute atomic E-state index is 8.73. The van der Waals surface area contributed by atoms with Crippen LogP contribution in [0, 0.1) is 18.3 Å². The van der Waals surface area contributed by atoms with Gasteiger partial charge >= 0.3 is 0 Å². The highest BCUT2D eigenvalue weighted by atomic mass is 35.5. The first-order valence-electron chi connectivity index (χ1n) is 4.43. The monoisotopic (exact) mass is 217 g/mol. The van der Waals surface area contributed by atoms with E-state index in [9.17, 15) is 0 Å². The predicted octanol–water partition coefficient (Wildman–Crippen LogP) is 2.71. The lowest BCUT2D eigenvalue weighted by atomic mass is 10.2. The van der Waals surface area contributed by atoms with Crippen molar-refractivity contribution in [3.05, 3.63) is 46.7 Å². The number of aryl methyl sites for hydroxylation is 1. The van der Waals surface area contributed by atoms with Crippen molar-refractivity contribution in [1.82, 2.24) is 9.78 Å². The van der Waals surface area contributed by atoms with Gasteiger partial charge in [-0.2, -0.15) is 10.4 Å². The summed E-state index contributed by atoms with van der Waals surface area (Å²) in [7, 11) is 0. The zero-order valence-corrected chi connectivity index (χ0v) is 8.86. The SMILES string of the molecule is Cc1ccn(-c2ccc(C#N)c(Cl)c2)n1. The predicted molar refractivity (Wildman–Crippen MR) is 58.0 cm³/mol. The molecule has 2 rings (SSSR count). The zero-order valence-electron chi connectivity index (χ0n) is 8.11. The normalized spacial score (nSPS) is 9.93. The van der Waals surface area contributed by atoms with Crippen LogP contribution in [0.5, 0.6) is 0 Å². The molecular formula is C11H8ClN3. The molecule has 0 spiro atoms. The minimum Gasteiger partial charge on any atom is -0.241 e. The molecule has 0 radical (unpaired) electrons. The molecule has 0 N–H and O–H groups in total. The van der Waals surface area contributed by atoms with E-state index in [1.807, 2.05) is 31.3 Å². The first-order chi connectivity index (χ1) is 7.20. The van der Waals surface area contributed by atoms with Crippen LogP contribution in [0.2, 0.25) is 5.02 Å². The van der Waals surface area contributed by atoms with E-state index in [0.717, 1.165) is 11.4 Å². The Morgan fingerprint density at radius 3 is 2.73 bits per heavy atom. The zero-order chi connectivity index (χ0) is 10.8. The van der Waals surface area contributed by atoms with Gasteiger partial charge in [0.25, 0.3) is 0 Å². The fraction of sp³-hybridized carbons (Fsp3) is 0.0909. The molecule has 2 aromatic rings. The topological polar surface area (TPSA) is 41.6 Å². The fourth-order valence-electron chi connectivity index (χ4n) is 1.30. The highest BCUT2D eigenvalue weighted by Crippen LogP contribution is 2.19. The van der Waals surface area contributed by atoms with Gasteiger partial charge in [0.1, 0.15) is 6.07 Å². The molecule has 0 aliphatic heterocycles. The first kappa shape index (κ1) is 9.75. The lowest BCUT2D eigenvalue weighted by Gasteiger charge is -2.02. The van der Waals surface area contributed by atoms with E-state index >= 15 is 0 Å². The average molecular weight is 218 g/mol. The molecule has 1 aromatic carbocycles. The van der Waals surface area contributed by atoms with Gasteiger partial charge in [-0.25, -0.2) is 4.68 Å². The summed E-state index contributed by atoms with van der Waals surface area (Å²) < 4.78 is 1.72. The second-order valence-electron chi connectivity index (χ2n) is 3.18. The van der Waals surface area contributed by atoms with E-state index in [1.165, 1.54) is 0 Å². The molecule has 0 aliphatic carbocycles. The van der Waals surface area contributed by atoms with Crippen LogP contribution in [0.4, 0.5) is 0 Å². The van der Waals surface area contributed by atoms with E-state index in [2.05, 4.69) is 5.10 Å². The average Bonchev–Trinajstić information content (AvgIpc) is 2.65. The summed E-state index contributed by atoms with van der Waals surface area (Å²) in [5.74, 6) is 0. The van der Waals surface area contributed by atoms with Gasteiger partial charge in [0.05, 0.1) is 22.0 Å². The van der Waals surface area contributed by atoms with Crippen molar-refractivity contribution in [2.24, 2.45) is 0 Å². The molecule has 1 aromatic heterocycles. The number of nitrogens with zero attached hydrogens (tertiary/aromatic N) is 3. The van der Waals surface area contributed by atoms with Gasteiger partial charge in [-0.05, 0) is 31.2 Å². The summed E-state index contributed by atoms with van der Waals surface area (Å²) in [6.07, 6.45) is 1.85. The molecule has 0 amide bonds. The lowest BCUT2D eigenvalue weighted by Crippen LogP contribution is -1.95. The van der Waals surface area contributed by atoms with Crippen molar-refractivity contribution in [1.29, 1.82) is 5.26 Å². The number of aromatic nitrogens is 2. The van der Waals surface area contributed by atoms with Gasteiger partial charge in [-0.15, -0.1) is 0 Å². The van der Waals surface area contributed by atoms with Gasteiger partial charge in [0, 0.05) is 6.20 Å². The summed E-state index contributed by atoms with van der Waals surface area (Å²) in [6, 6.07) is 9.16. The summed E-state index contributed by atoms with van der Waals surface area (Å²) in [6.45, 7) is 1.92. The molecule has 1 heterocycles. The van der Waals surface area contributed by atoms with Crippen molar-refractivity contribution in [3.8, 4) is 11.8 Å². The van der Waals surface area contributed by atoms with Crippen LogP contribution >= 0.6 is 11.6 Å². The van der Waals surface area contributed by atoms with Crippen LogP contribution < -0.4 is 0 Å². The number of hydrogen-bond acceptors (Lipinski definition) is 2. The van der Waals surface area contributed by atoms with Crippen molar-refractivity contribution in [3.63, 3.8) is 0 Å². The Balaban J connectivity index is 2.48. The van der Waals surface area contributed by atoms with Gasteiger partial charge in [-0.3, -0.25) is 0 Å². The number of hydrogen-bond donors (Lipinski definition) is 0. The van der Waals surface area contributed by atoms with Gasteiger partial charge in [-0.1, -0.05) is 11.6 Å². The second-order valence-corrected chi connectivity index (χ2v) is 3.58. The maximum Gasteiger partial charge on any atom is 0.101 e. The summed E-state index contributed by atoms with van der Waals surface area (Å²) in [5, 5.41) is 13.4. The molecule has 4 heteroatoms.